The molecular weight excluding hydrogens is 358 g/mol. The van der Waals surface area contributed by atoms with E-state index < -0.39 is 0 Å². The van der Waals surface area contributed by atoms with E-state index in [1.807, 2.05) is 16.7 Å². The van der Waals surface area contributed by atoms with Gasteiger partial charge in [0.1, 0.15) is 6.33 Å². The first-order valence-electron chi connectivity index (χ1n) is 9.71. The van der Waals surface area contributed by atoms with Crippen molar-refractivity contribution in [1.29, 1.82) is 0 Å². The highest BCUT2D eigenvalue weighted by atomic mass is 32.2. The minimum Gasteiger partial charge on any atom is -0.355 e. The van der Waals surface area contributed by atoms with E-state index in [4.69, 9.17) is 0 Å². The molecular formula is C20H29N5OS. The molecule has 1 saturated heterocycles. The first kappa shape index (κ1) is 19.9. The highest BCUT2D eigenvalue weighted by Crippen LogP contribution is 2.19. The molecule has 0 aliphatic carbocycles. The van der Waals surface area contributed by atoms with Crippen LogP contribution >= 0.6 is 11.8 Å². The predicted molar refractivity (Wildman–Crippen MR) is 109 cm³/mol. The molecule has 1 amide bonds. The minimum absolute atomic E-state index is 0.0470. The minimum atomic E-state index is 0.0470. The van der Waals surface area contributed by atoms with Crippen LogP contribution in [-0.2, 0) is 4.79 Å². The maximum absolute atomic E-state index is 12.1. The fraction of sp³-hybridized carbons (Fsp3) is 0.550. The van der Waals surface area contributed by atoms with E-state index in [1.165, 1.54) is 43.3 Å². The van der Waals surface area contributed by atoms with Gasteiger partial charge in [0.05, 0.1) is 5.75 Å². The van der Waals surface area contributed by atoms with Crippen LogP contribution in [0.1, 0.15) is 31.7 Å². The number of thioether (sulfide) groups is 1. The van der Waals surface area contributed by atoms with Crippen molar-refractivity contribution in [3.63, 3.8) is 0 Å². The molecule has 146 valence electrons. The van der Waals surface area contributed by atoms with Crippen LogP contribution in [0.2, 0.25) is 0 Å². The summed E-state index contributed by atoms with van der Waals surface area (Å²) >= 11 is 1.41. The lowest BCUT2D eigenvalue weighted by Gasteiger charge is -2.30. The molecule has 0 bridgehead atoms. The van der Waals surface area contributed by atoms with Gasteiger partial charge < -0.3 is 10.2 Å². The largest absolute Gasteiger partial charge is 0.355 e. The van der Waals surface area contributed by atoms with Crippen LogP contribution in [0.5, 0.6) is 0 Å². The normalized spacial score (nSPS) is 15.8. The number of piperidine rings is 1. The number of carbonyl (C=O) groups is 1. The molecule has 1 fully saturated rings. The van der Waals surface area contributed by atoms with E-state index in [0.29, 0.717) is 5.75 Å². The molecule has 0 saturated carbocycles. The molecule has 1 aliphatic heterocycles. The predicted octanol–water partition coefficient (Wildman–Crippen LogP) is 2.91. The number of aromatic nitrogens is 3. The zero-order valence-electron chi connectivity index (χ0n) is 16.2. The smallest absolute Gasteiger partial charge is 0.230 e. The molecule has 0 atom stereocenters. The van der Waals surface area contributed by atoms with Crippen LogP contribution in [0, 0.1) is 12.8 Å². The molecule has 0 unspecified atom stereocenters. The number of benzene rings is 1. The van der Waals surface area contributed by atoms with Crippen LogP contribution in [0.4, 0.5) is 0 Å². The van der Waals surface area contributed by atoms with E-state index >= 15 is 0 Å². The Labute approximate surface area is 165 Å². The van der Waals surface area contributed by atoms with Crippen LogP contribution in [0.25, 0.3) is 5.69 Å². The van der Waals surface area contributed by atoms with Gasteiger partial charge in [0.25, 0.3) is 0 Å². The first-order chi connectivity index (χ1) is 13.1. The third-order valence-corrected chi connectivity index (χ3v) is 5.95. The molecule has 0 radical (unpaired) electrons. The Kier molecular flexibility index (Phi) is 7.29. The number of nitrogens with zero attached hydrogens (tertiary/aromatic N) is 4. The molecule has 0 spiro atoms. The Morgan fingerprint density at radius 3 is 2.74 bits per heavy atom. The summed E-state index contributed by atoms with van der Waals surface area (Å²) in [7, 11) is 0. The van der Waals surface area contributed by atoms with Crippen LogP contribution < -0.4 is 5.32 Å². The Morgan fingerprint density at radius 2 is 2.00 bits per heavy atom. The highest BCUT2D eigenvalue weighted by Gasteiger charge is 2.15. The lowest BCUT2D eigenvalue weighted by molar-refractivity contribution is -0.118. The number of rotatable bonds is 8. The van der Waals surface area contributed by atoms with Crippen LogP contribution in [-0.4, -0.2) is 57.5 Å². The molecule has 1 aromatic heterocycles. The van der Waals surface area contributed by atoms with Crippen molar-refractivity contribution < 1.29 is 4.79 Å². The van der Waals surface area contributed by atoms with Crippen molar-refractivity contribution in [3.8, 4) is 5.69 Å². The van der Waals surface area contributed by atoms with E-state index in [1.54, 1.807) is 6.33 Å². The lowest BCUT2D eigenvalue weighted by Crippen LogP contribution is -2.35. The monoisotopic (exact) mass is 387 g/mol. The number of hydrogen-bond donors (Lipinski definition) is 1. The summed E-state index contributed by atoms with van der Waals surface area (Å²) < 4.78 is 1.91. The fourth-order valence-electron chi connectivity index (χ4n) is 3.20. The van der Waals surface area contributed by atoms with Crippen LogP contribution in [0.15, 0.2) is 35.7 Å². The average molecular weight is 388 g/mol. The van der Waals surface area contributed by atoms with Gasteiger partial charge >= 0.3 is 0 Å². The van der Waals surface area contributed by atoms with Crippen molar-refractivity contribution in [2.75, 3.05) is 31.9 Å². The summed E-state index contributed by atoms with van der Waals surface area (Å²) in [6.45, 7) is 8.58. The third kappa shape index (κ3) is 6.07. The third-order valence-electron chi connectivity index (χ3n) is 5.01. The highest BCUT2D eigenvalue weighted by molar-refractivity contribution is 7.99. The summed E-state index contributed by atoms with van der Waals surface area (Å²) in [6, 6.07) is 8.17. The van der Waals surface area contributed by atoms with Gasteiger partial charge in [-0.3, -0.25) is 9.36 Å². The van der Waals surface area contributed by atoms with Crippen molar-refractivity contribution in [3.05, 3.63) is 36.2 Å². The van der Waals surface area contributed by atoms with Gasteiger partial charge in [0.2, 0.25) is 5.91 Å². The number of amides is 1. The molecule has 1 aromatic carbocycles. The Hall–Kier alpha value is -1.86. The Bertz CT molecular complexity index is 722. The number of carbonyl (C=O) groups excluding carboxylic acids is 1. The zero-order chi connectivity index (χ0) is 19.1. The fourth-order valence-corrected chi connectivity index (χ4v) is 3.96. The number of nitrogens with one attached hydrogen (secondary N) is 1. The van der Waals surface area contributed by atoms with Gasteiger partial charge in [0.15, 0.2) is 5.16 Å². The van der Waals surface area contributed by atoms with Crippen LogP contribution in [0.3, 0.4) is 0 Å². The molecule has 27 heavy (non-hydrogen) atoms. The van der Waals surface area contributed by atoms with Gasteiger partial charge in [0, 0.05) is 12.2 Å². The van der Waals surface area contributed by atoms with Gasteiger partial charge in [-0.1, -0.05) is 36.4 Å². The van der Waals surface area contributed by atoms with Gasteiger partial charge in [-0.25, -0.2) is 0 Å². The summed E-state index contributed by atoms with van der Waals surface area (Å²) in [5, 5.41) is 11.9. The summed E-state index contributed by atoms with van der Waals surface area (Å²) in [6.07, 6.45) is 5.28. The second kappa shape index (κ2) is 9.90. The maximum Gasteiger partial charge on any atom is 0.230 e. The van der Waals surface area contributed by atoms with E-state index in [2.05, 4.69) is 46.4 Å². The van der Waals surface area contributed by atoms with E-state index in [0.717, 1.165) is 36.3 Å². The molecule has 2 heterocycles. The summed E-state index contributed by atoms with van der Waals surface area (Å²) in [5.74, 6) is 1.26. The van der Waals surface area contributed by atoms with Crippen molar-refractivity contribution in [1.82, 2.24) is 25.0 Å². The maximum atomic E-state index is 12.1. The quantitative estimate of drug-likeness (QED) is 0.557. The molecule has 7 heteroatoms. The Morgan fingerprint density at radius 1 is 1.26 bits per heavy atom. The molecule has 3 rings (SSSR count). The molecule has 2 aromatic rings. The van der Waals surface area contributed by atoms with Gasteiger partial charge in [-0.2, -0.15) is 0 Å². The lowest BCUT2D eigenvalue weighted by atomic mass is 9.99. The number of aryl methyl sites for hydroxylation is 1. The summed E-state index contributed by atoms with van der Waals surface area (Å²) in [4.78, 5) is 14.6. The molecule has 1 aliphatic rings. The van der Waals surface area contributed by atoms with E-state index in [-0.39, 0.29) is 5.91 Å². The number of hydrogen-bond acceptors (Lipinski definition) is 5. The van der Waals surface area contributed by atoms with Crippen molar-refractivity contribution in [2.45, 2.75) is 38.3 Å². The second-order valence-electron chi connectivity index (χ2n) is 7.34. The first-order valence-corrected chi connectivity index (χ1v) is 10.7. The topological polar surface area (TPSA) is 63.1 Å². The average Bonchev–Trinajstić information content (AvgIpc) is 3.14. The molecule has 1 N–H and O–H groups in total. The van der Waals surface area contributed by atoms with Crippen molar-refractivity contribution >= 4 is 17.7 Å². The Balaban J connectivity index is 1.37. The SMILES string of the molecule is Cc1ccc(-n2cnnc2SCC(=O)NCCCN2CCC(C)CC2)cc1. The van der Waals surface area contributed by atoms with Gasteiger partial charge in [-0.15, -0.1) is 10.2 Å². The van der Waals surface area contributed by atoms with E-state index in [9.17, 15) is 4.79 Å². The zero-order valence-corrected chi connectivity index (χ0v) is 17.0. The van der Waals surface area contributed by atoms with Gasteiger partial charge in [-0.05, 0) is 63.9 Å². The molecule has 6 nitrogen and oxygen atoms in total. The number of likely N-dealkylation sites (tertiary alicyclic amines) is 1. The summed E-state index contributed by atoms with van der Waals surface area (Å²) in [5.41, 5.74) is 2.21. The van der Waals surface area contributed by atoms with Crippen molar-refractivity contribution in [2.24, 2.45) is 5.92 Å². The standard InChI is InChI=1S/C20H29N5OS/c1-16-4-6-18(7-5-16)25-15-22-23-20(25)27-14-19(26)21-10-3-11-24-12-8-17(2)9-13-24/h4-7,15,17H,3,8-14H2,1-2H3,(H,21,26). The second-order valence-corrected chi connectivity index (χ2v) is 8.28.